The molecule has 0 radical (unpaired) electrons. The quantitative estimate of drug-likeness (QED) is 0.622. The van der Waals surface area contributed by atoms with E-state index in [1.54, 1.807) is 0 Å². The number of nitrogens with two attached hydrogens (primary N) is 1. The monoisotopic (exact) mass is 379 g/mol. The predicted octanol–water partition coefficient (Wildman–Crippen LogP) is 5.37. The average Bonchev–Trinajstić information content (AvgIpc) is 2.88. The molecule has 0 atom stereocenters. The second-order valence-electron chi connectivity index (χ2n) is 7.79. The maximum Gasteiger partial charge on any atom is 0.418 e. The van der Waals surface area contributed by atoms with Crippen molar-refractivity contribution >= 4 is 10.9 Å². The largest absolute Gasteiger partial charge is 0.418 e. The Labute approximate surface area is 154 Å². The fraction of sp³-hybridized carbons (Fsp3) is 0.350. The van der Waals surface area contributed by atoms with Gasteiger partial charge in [0.1, 0.15) is 5.82 Å². The van der Waals surface area contributed by atoms with Crippen LogP contribution >= 0.6 is 0 Å². The van der Waals surface area contributed by atoms with Crippen molar-refractivity contribution in [1.29, 1.82) is 0 Å². The molecule has 0 unspecified atom stereocenters. The molecule has 3 rings (SSSR count). The average molecular weight is 379 g/mol. The van der Waals surface area contributed by atoms with E-state index in [0.717, 1.165) is 11.6 Å². The van der Waals surface area contributed by atoms with Crippen molar-refractivity contribution in [3.8, 4) is 11.3 Å². The van der Waals surface area contributed by atoms with Crippen LogP contribution in [0.2, 0.25) is 0 Å². The summed E-state index contributed by atoms with van der Waals surface area (Å²) in [6.07, 6.45) is -1.56. The van der Waals surface area contributed by atoms with Gasteiger partial charge in [-0.05, 0) is 35.2 Å². The SMILES string of the molecule is CC(C)(C)Cn1cc(CN)c2cc(F)c(-c3ncccc3C(F)(F)F)cc21. The van der Waals surface area contributed by atoms with Crippen LogP contribution in [0, 0.1) is 11.2 Å². The molecule has 3 aromatic rings. The molecule has 0 saturated carbocycles. The van der Waals surface area contributed by atoms with E-state index < -0.39 is 23.3 Å². The predicted molar refractivity (Wildman–Crippen MR) is 97.5 cm³/mol. The van der Waals surface area contributed by atoms with Gasteiger partial charge in [0.15, 0.2) is 0 Å². The molecule has 0 spiro atoms. The van der Waals surface area contributed by atoms with Crippen LogP contribution in [0.1, 0.15) is 31.9 Å². The fourth-order valence-electron chi connectivity index (χ4n) is 3.22. The number of benzene rings is 1. The molecule has 0 amide bonds. The van der Waals surface area contributed by atoms with Crippen LogP contribution in [-0.2, 0) is 19.3 Å². The minimum atomic E-state index is -4.62. The highest BCUT2D eigenvalue weighted by Gasteiger charge is 2.35. The summed E-state index contributed by atoms with van der Waals surface area (Å²) in [6, 6.07) is 4.79. The Hall–Kier alpha value is -2.41. The summed E-state index contributed by atoms with van der Waals surface area (Å²) < 4.78 is 56.8. The highest BCUT2D eigenvalue weighted by atomic mass is 19.4. The van der Waals surface area contributed by atoms with Crippen molar-refractivity contribution in [3.63, 3.8) is 0 Å². The van der Waals surface area contributed by atoms with Crippen molar-refractivity contribution in [3.05, 3.63) is 53.6 Å². The lowest BCUT2D eigenvalue weighted by Crippen LogP contribution is -2.14. The van der Waals surface area contributed by atoms with Crippen LogP contribution in [0.5, 0.6) is 0 Å². The number of aromatic nitrogens is 2. The summed E-state index contributed by atoms with van der Waals surface area (Å²) in [6.45, 7) is 6.97. The van der Waals surface area contributed by atoms with Crippen LogP contribution < -0.4 is 5.73 Å². The summed E-state index contributed by atoms with van der Waals surface area (Å²) in [5.41, 5.74) is 5.54. The smallest absolute Gasteiger partial charge is 0.347 e. The second kappa shape index (κ2) is 6.64. The Morgan fingerprint density at radius 2 is 1.85 bits per heavy atom. The Bertz CT molecular complexity index is 981. The Morgan fingerprint density at radius 1 is 1.15 bits per heavy atom. The van der Waals surface area contributed by atoms with Gasteiger partial charge in [0.05, 0.1) is 11.3 Å². The second-order valence-corrected chi connectivity index (χ2v) is 7.79. The molecule has 0 bridgehead atoms. The maximum atomic E-state index is 14.8. The Morgan fingerprint density at radius 3 is 2.44 bits per heavy atom. The van der Waals surface area contributed by atoms with E-state index in [-0.39, 0.29) is 17.5 Å². The number of alkyl halides is 3. The van der Waals surface area contributed by atoms with Gasteiger partial charge in [-0.1, -0.05) is 20.8 Å². The first-order valence-electron chi connectivity index (χ1n) is 8.55. The first kappa shape index (κ1) is 19.4. The lowest BCUT2D eigenvalue weighted by molar-refractivity contribution is -0.137. The highest BCUT2D eigenvalue weighted by Crippen LogP contribution is 2.38. The third-order valence-electron chi connectivity index (χ3n) is 4.29. The molecule has 0 aliphatic heterocycles. The molecule has 7 heteroatoms. The van der Waals surface area contributed by atoms with E-state index in [1.807, 2.05) is 31.5 Å². The van der Waals surface area contributed by atoms with Crippen molar-refractivity contribution < 1.29 is 17.6 Å². The van der Waals surface area contributed by atoms with Crippen molar-refractivity contribution in [1.82, 2.24) is 9.55 Å². The molecule has 0 aliphatic carbocycles. The van der Waals surface area contributed by atoms with E-state index >= 15 is 0 Å². The number of hydrogen-bond donors (Lipinski definition) is 1. The summed E-state index contributed by atoms with van der Waals surface area (Å²) >= 11 is 0. The lowest BCUT2D eigenvalue weighted by Gasteiger charge is -2.20. The van der Waals surface area contributed by atoms with E-state index in [9.17, 15) is 17.6 Å². The van der Waals surface area contributed by atoms with E-state index in [2.05, 4.69) is 4.98 Å². The minimum absolute atomic E-state index is 0.0749. The number of pyridine rings is 1. The van der Waals surface area contributed by atoms with Crippen molar-refractivity contribution in [2.45, 2.75) is 40.0 Å². The fourth-order valence-corrected chi connectivity index (χ4v) is 3.22. The van der Waals surface area contributed by atoms with E-state index in [1.165, 1.54) is 24.4 Å². The molecular formula is C20H21F4N3. The standard InChI is InChI=1S/C20H21F4N3/c1-19(2,3)11-27-10-12(9-25)13-7-16(21)14(8-17(13)27)18-15(20(22,23)24)5-4-6-26-18/h4-8,10H,9,11,25H2,1-3H3. The maximum absolute atomic E-state index is 14.8. The number of fused-ring (bicyclic) bond motifs is 1. The Kier molecular flexibility index (Phi) is 4.76. The number of nitrogens with zero attached hydrogens (tertiary/aromatic N) is 2. The van der Waals surface area contributed by atoms with Crippen molar-refractivity contribution in [2.24, 2.45) is 11.1 Å². The number of hydrogen-bond acceptors (Lipinski definition) is 2. The molecule has 2 aromatic heterocycles. The molecule has 0 aliphatic rings. The molecule has 2 N–H and O–H groups in total. The number of rotatable bonds is 3. The number of halogens is 4. The van der Waals surface area contributed by atoms with Gasteiger partial charge in [-0.15, -0.1) is 0 Å². The molecule has 3 nitrogen and oxygen atoms in total. The zero-order chi connectivity index (χ0) is 20.0. The molecule has 2 heterocycles. The zero-order valence-corrected chi connectivity index (χ0v) is 15.4. The van der Waals surface area contributed by atoms with Crippen LogP contribution in [0.3, 0.4) is 0 Å². The Balaban J connectivity index is 2.28. The van der Waals surface area contributed by atoms with E-state index in [4.69, 9.17) is 5.73 Å². The van der Waals surface area contributed by atoms with Gasteiger partial charge < -0.3 is 10.3 Å². The lowest BCUT2D eigenvalue weighted by atomic mass is 9.96. The zero-order valence-electron chi connectivity index (χ0n) is 15.4. The van der Waals surface area contributed by atoms with Gasteiger partial charge in [0.2, 0.25) is 0 Å². The van der Waals surface area contributed by atoms with Gasteiger partial charge in [0.25, 0.3) is 0 Å². The third kappa shape index (κ3) is 3.83. The summed E-state index contributed by atoms with van der Waals surface area (Å²) in [4.78, 5) is 3.82. The van der Waals surface area contributed by atoms with Gasteiger partial charge >= 0.3 is 6.18 Å². The first-order chi connectivity index (χ1) is 12.5. The first-order valence-corrected chi connectivity index (χ1v) is 8.55. The van der Waals surface area contributed by atoms with Crippen molar-refractivity contribution in [2.75, 3.05) is 0 Å². The van der Waals surface area contributed by atoms with Gasteiger partial charge in [-0.25, -0.2) is 4.39 Å². The molecular weight excluding hydrogens is 358 g/mol. The van der Waals surface area contributed by atoms with Crippen LogP contribution in [0.4, 0.5) is 17.6 Å². The van der Waals surface area contributed by atoms with Crippen LogP contribution in [0.15, 0.2) is 36.7 Å². The van der Waals surface area contributed by atoms with Gasteiger partial charge in [0, 0.05) is 41.9 Å². The summed E-state index contributed by atoms with van der Waals surface area (Å²) in [7, 11) is 0. The van der Waals surface area contributed by atoms with E-state index in [0.29, 0.717) is 17.4 Å². The summed E-state index contributed by atoms with van der Waals surface area (Å²) in [5, 5.41) is 0.604. The molecule has 0 saturated heterocycles. The van der Waals surface area contributed by atoms with Gasteiger partial charge in [-0.2, -0.15) is 13.2 Å². The molecule has 0 fully saturated rings. The summed E-state index contributed by atoms with van der Waals surface area (Å²) in [5.74, 6) is -0.755. The highest BCUT2D eigenvalue weighted by molar-refractivity contribution is 5.88. The third-order valence-corrected chi connectivity index (χ3v) is 4.29. The van der Waals surface area contributed by atoms with Crippen LogP contribution in [0.25, 0.3) is 22.2 Å². The normalized spacial score (nSPS) is 12.7. The van der Waals surface area contributed by atoms with Crippen LogP contribution in [-0.4, -0.2) is 9.55 Å². The molecule has 27 heavy (non-hydrogen) atoms. The van der Waals surface area contributed by atoms with Gasteiger partial charge in [-0.3, -0.25) is 4.98 Å². The molecule has 144 valence electrons. The topological polar surface area (TPSA) is 43.8 Å². The minimum Gasteiger partial charge on any atom is -0.347 e. The molecule has 1 aromatic carbocycles.